The van der Waals surface area contributed by atoms with E-state index in [9.17, 15) is 8.78 Å². The van der Waals surface area contributed by atoms with Gasteiger partial charge in [0.25, 0.3) is 6.43 Å². The van der Waals surface area contributed by atoms with Gasteiger partial charge >= 0.3 is 0 Å². The Balaban J connectivity index is 1.63. The number of para-hydroxylation sites is 2. The summed E-state index contributed by atoms with van der Waals surface area (Å²) in [5.74, 6) is 1.27. The van der Waals surface area contributed by atoms with Gasteiger partial charge in [-0.3, -0.25) is 4.57 Å². The molecule has 1 N–H and O–H groups in total. The maximum absolute atomic E-state index is 13.9. The van der Waals surface area contributed by atoms with Crippen LogP contribution in [0.3, 0.4) is 0 Å². The summed E-state index contributed by atoms with van der Waals surface area (Å²) in [5, 5.41) is 3.42. The number of imidazole rings is 1. The standard InChI is InChI=1S/C21H24F2N6O/c22-19(23)20-25-15-7-3-4-8-16(15)29(20)18-13-17(28-9-11-30-12-10-28)26-21(27-18)24-14-5-1-2-6-14/h3-4,7-8,13-14,19H,1-2,5-6,9-12H2,(H,24,26,27). The topological polar surface area (TPSA) is 68.1 Å². The molecule has 7 nitrogen and oxygen atoms in total. The number of rotatable bonds is 5. The molecule has 1 aliphatic heterocycles. The number of anilines is 2. The highest BCUT2D eigenvalue weighted by atomic mass is 19.3. The fourth-order valence-electron chi connectivity index (χ4n) is 4.24. The Bertz CT molecular complexity index is 1030. The lowest BCUT2D eigenvalue weighted by atomic mass is 10.2. The van der Waals surface area contributed by atoms with Gasteiger partial charge in [0.15, 0.2) is 5.82 Å². The summed E-state index contributed by atoms with van der Waals surface area (Å²) in [4.78, 5) is 15.6. The summed E-state index contributed by atoms with van der Waals surface area (Å²) >= 11 is 0. The molecule has 0 amide bonds. The van der Waals surface area contributed by atoms with Crippen LogP contribution in [0.25, 0.3) is 16.9 Å². The first-order valence-electron chi connectivity index (χ1n) is 10.4. The summed E-state index contributed by atoms with van der Waals surface area (Å²) in [7, 11) is 0. The number of halogens is 2. The first-order valence-corrected chi connectivity index (χ1v) is 10.4. The number of hydrogen-bond donors (Lipinski definition) is 1. The molecule has 3 aromatic rings. The molecule has 1 saturated heterocycles. The zero-order valence-electron chi connectivity index (χ0n) is 16.6. The smallest absolute Gasteiger partial charge is 0.296 e. The van der Waals surface area contributed by atoms with E-state index in [0.29, 0.717) is 61.0 Å². The van der Waals surface area contributed by atoms with Gasteiger partial charge < -0.3 is 15.0 Å². The van der Waals surface area contributed by atoms with Gasteiger partial charge in [-0.05, 0) is 25.0 Å². The van der Waals surface area contributed by atoms with Crippen LogP contribution in [0.15, 0.2) is 30.3 Å². The molecule has 0 radical (unpaired) electrons. The number of alkyl halides is 2. The number of ether oxygens (including phenoxy) is 1. The Hall–Kier alpha value is -2.81. The Morgan fingerprint density at radius 3 is 2.50 bits per heavy atom. The lowest BCUT2D eigenvalue weighted by molar-refractivity contribution is 0.122. The molecule has 2 aliphatic rings. The third-order valence-corrected chi connectivity index (χ3v) is 5.73. The molecule has 1 aliphatic carbocycles. The first kappa shape index (κ1) is 19.2. The third kappa shape index (κ3) is 3.69. The van der Waals surface area contributed by atoms with Gasteiger partial charge in [-0.25, -0.2) is 13.8 Å². The second-order valence-corrected chi connectivity index (χ2v) is 7.73. The van der Waals surface area contributed by atoms with Gasteiger partial charge in [-0.15, -0.1) is 0 Å². The van der Waals surface area contributed by atoms with Crippen LogP contribution in [-0.4, -0.2) is 51.9 Å². The summed E-state index contributed by atoms with van der Waals surface area (Å²) in [6.45, 7) is 2.62. The zero-order valence-corrected chi connectivity index (χ0v) is 16.6. The molecule has 9 heteroatoms. The number of aromatic nitrogens is 4. The predicted octanol–water partition coefficient (Wildman–Crippen LogP) is 3.94. The molecule has 2 aromatic heterocycles. The highest BCUT2D eigenvalue weighted by Gasteiger charge is 2.24. The van der Waals surface area contributed by atoms with Crippen molar-refractivity contribution in [3.8, 4) is 5.82 Å². The average Bonchev–Trinajstić information content (AvgIpc) is 3.42. The van der Waals surface area contributed by atoms with Crippen molar-refractivity contribution in [2.75, 3.05) is 36.5 Å². The molecule has 3 heterocycles. The molecule has 0 unspecified atom stereocenters. The predicted molar refractivity (Wildman–Crippen MR) is 111 cm³/mol. The van der Waals surface area contributed by atoms with Gasteiger partial charge in [-0.2, -0.15) is 9.97 Å². The minimum Gasteiger partial charge on any atom is -0.378 e. The molecule has 1 aromatic carbocycles. The summed E-state index contributed by atoms with van der Waals surface area (Å²) in [6, 6.07) is 9.21. The van der Waals surface area contributed by atoms with Crippen LogP contribution in [-0.2, 0) is 4.74 Å². The summed E-state index contributed by atoms with van der Waals surface area (Å²) in [5.41, 5.74) is 1.12. The molecule has 2 fully saturated rings. The normalized spacial score (nSPS) is 17.9. The minimum atomic E-state index is -2.72. The Kier molecular flexibility index (Phi) is 5.20. The highest BCUT2D eigenvalue weighted by molar-refractivity contribution is 5.78. The third-order valence-electron chi connectivity index (χ3n) is 5.73. The van der Waals surface area contributed by atoms with Crippen LogP contribution < -0.4 is 10.2 Å². The van der Waals surface area contributed by atoms with E-state index < -0.39 is 6.43 Å². The van der Waals surface area contributed by atoms with Gasteiger partial charge in [0.1, 0.15) is 11.6 Å². The molecule has 5 rings (SSSR count). The number of benzene rings is 1. The molecule has 30 heavy (non-hydrogen) atoms. The number of fused-ring (bicyclic) bond motifs is 1. The fourth-order valence-corrected chi connectivity index (χ4v) is 4.24. The number of morpholine rings is 1. The van der Waals surface area contributed by atoms with Crippen LogP contribution >= 0.6 is 0 Å². The van der Waals surface area contributed by atoms with E-state index >= 15 is 0 Å². The van der Waals surface area contributed by atoms with Gasteiger partial charge in [0, 0.05) is 25.2 Å². The Labute approximate surface area is 173 Å². The molecular weight excluding hydrogens is 390 g/mol. The first-order chi connectivity index (χ1) is 14.7. The van der Waals surface area contributed by atoms with Crippen molar-refractivity contribution in [2.24, 2.45) is 0 Å². The minimum absolute atomic E-state index is 0.311. The molecule has 1 saturated carbocycles. The summed E-state index contributed by atoms with van der Waals surface area (Å²) in [6.07, 6.45) is 1.77. The van der Waals surface area contributed by atoms with E-state index in [0.717, 1.165) is 12.8 Å². The van der Waals surface area contributed by atoms with Crippen molar-refractivity contribution in [2.45, 2.75) is 38.2 Å². The van der Waals surface area contributed by atoms with E-state index in [4.69, 9.17) is 9.72 Å². The van der Waals surface area contributed by atoms with Crippen molar-refractivity contribution in [3.05, 3.63) is 36.2 Å². The molecule has 0 atom stereocenters. The van der Waals surface area contributed by atoms with Crippen molar-refractivity contribution < 1.29 is 13.5 Å². The van der Waals surface area contributed by atoms with Crippen LogP contribution in [0.2, 0.25) is 0 Å². The largest absolute Gasteiger partial charge is 0.378 e. The van der Waals surface area contributed by atoms with Gasteiger partial charge in [0.05, 0.1) is 24.2 Å². The van der Waals surface area contributed by atoms with Crippen LogP contribution in [0.4, 0.5) is 20.5 Å². The Morgan fingerprint density at radius 1 is 1.00 bits per heavy atom. The molecule has 158 valence electrons. The number of nitrogens with one attached hydrogen (secondary N) is 1. The molecule has 0 spiro atoms. The van der Waals surface area contributed by atoms with Crippen LogP contribution in [0.5, 0.6) is 0 Å². The van der Waals surface area contributed by atoms with E-state index in [1.807, 2.05) is 6.07 Å². The Morgan fingerprint density at radius 2 is 1.73 bits per heavy atom. The van der Waals surface area contributed by atoms with E-state index in [2.05, 4.69) is 20.2 Å². The van der Waals surface area contributed by atoms with Crippen molar-refractivity contribution >= 4 is 22.8 Å². The van der Waals surface area contributed by atoms with Crippen LogP contribution in [0.1, 0.15) is 37.9 Å². The summed E-state index contributed by atoms with van der Waals surface area (Å²) < 4.78 is 34.6. The van der Waals surface area contributed by atoms with Crippen molar-refractivity contribution in [1.29, 1.82) is 0 Å². The quantitative estimate of drug-likeness (QED) is 0.682. The van der Waals surface area contributed by atoms with E-state index in [1.165, 1.54) is 17.4 Å². The van der Waals surface area contributed by atoms with E-state index in [-0.39, 0.29) is 5.82 Å². The maximum Gasteiger partial charge on any atom is 0.296 e. The zero-order chi connectivity index (χ0) is 20.5. The lowest BCUT2D eigenvalue weighted by Gasteiger charge is -2.28. The van der Waals surface area contributed by atoms with Crippen LogP contribution in [0, 0.1) is 0 Å². The second kappa shape index (κ2) is 8.14. The SMILES string of the molecule is FC(F)c1nc2ccccc2n1-c1cc(N2CCOCC2)nc(NC2CCCC2)n1. The van der Waals surface area contributed by atoms with Crippen molar-refractivity contribution in [1.82, 2.24) is 19.5 Å². The lowest BCUT2D eigenvalue weighted by Crippen LogP contribution is -2.37. The highest BCUT2D eigenvalue weighted by Crippen LogP contribution is 2.30. The van der Waals surface area contributed by atoms with Gasteiger partial charge in [-0.1, -0.05) is 25.0 Å². The fraction of sp³-hybridized carbons (Fsp3) is 0.476. The molecular formula is C21H24F2N6O. The van der Waals surface area contributed by atoms with E-state index in [1.54, 1.807) is 24.3 Å². The van der Waals surface area contributed by atoms with Gasteiger partial charge in [0.2, 0.25) is 5.95 Å². The average molecular weight is 414 g/mol. The number of hydrogen-bond acceptors (Lipinski definition) is 6. The monoisotopic (exact) mass is 414 g/mol. The number of nitrogens with zero attached hydrogens (tertiary/aromatic N) is 5. The van der Waals surface area contributed by atoms with Crippen molar-refractivity contribution in [3.63, 3.8) is 0 Å². The molecule has 0 bridgehead atoms. The second-order valence-electron chi connectivity index (χ2n) is 7.73. The maximum atomic E-state index is 13.9.